The normalized spacial score (nSPS) is 10.6. The predicted octanol–water partition coefficient (Wildman–Crippen LogP) is 3.53. The van der Waals surface area contributed by atoms with Crippen LogP contribution in [0.4, 0.5) is 0 Å². The second-order valence-electron chi connectivity index (χ2n) is 4.08. The smallest absolute Gasteiger partial charge is 0.187 e. The summed E-state index contributed by atoms with van der Waals surface area (Å²) in [5, 5.41) is 10.9. The van der Waals surface area contributed by atoms with E-state index in [1.54, 1.807) is 37.3 Å². The molecular formula is C15H12N2OS. The monoisotopic (exact) mass is 268 g/mol. The van der Waals surface area contributed by atoms with Gasteiger partial charge in [-0.25, -0.2) is 0 Å². The topological polar surface area (TPSA) is 53.8 Å². The molecule has 94 valence electrons. The second kappa shape index (κ2) is 5.59. The van der Waals surface area contributed by atoms with E-state index < -0.39 is 0 Å². The second-order valence-corrected chi connectivity index (χ2v) is 5.06. The SMILES string of the molecule is Cc1nc(C)c(C(=O)/C=C/c2cccs2)cc1C#N. The van der Waals surface area contributed by atoms with Crippen LogP contribution in [-0.4, -0.2) is 10.8 Å². The summed E-state index contributed by atoms with van der Waals surface area (Å²) in [4.78, 5) is 17.4. The van der Waals surface area contributed by atoms with Crippen LogP contribution in [0.3, 0.4) is 0 Å². The van der Waals surface area contributed by atoms with Crippen molar-refractivity contribution >= 4 is 23.2 Å². The third-order valence-electron chi connectivity index (χ3n) is 2.73. The minimum absolute atomic E-state index is 0.130. The van der Waals surface area contributed by atoms with Crippen LogP contribution in [0.2, 0.25) is 0 Å². The average Bonchev–Trinajstić information content (AvgIpc) is 2.89. The fourth-order valence-electron chi connectivity index (χ4n) is 1.72. The third-order valence-corrected chi connectivity index (χ3v) is 3.57. The Labute approximate surface area is 115 Å². The molecule has 0 saturated heterocycles. The minimum Gasteiger partial charge on any atom is -0.289 e. The van der Waals surface area contributed by atoms with E-state index in [0.717, 1.165) is 4.88 Å². The molecular weight excluding hydrogens is 256 g/mol. The van der Waals surface area contributed by atoms with E-state index in [1.807, 2.05) is 17.5 Å². The number of thiophene rings is 1. The predicted molar refractivity (Wildman–Crippen MR) is 76.1 cm³/mol. The number of nitriles is 1. The van der Waals surface area contributed by atoms with Gasteiger partial charge in [-0.1, -0.05) is 6.07 Å². The third kappa shape index (κ3) is 2.95. The molecule has 4 heteroatoms. The van der Waals surface area contributed by atoms with Crippen molar-refractivity contribution in [3.63, 3.8) is 0 Å². The first-order chi connectivity index (χ1) is 9.11. The summed E-state index contributed by atoms with van der Waals surface area (Å²) >= 11 is 1.57. The molecule has 0 aromatic carbocycles. The van der Waals surface area contributed by atoms with E-state index in [2.05, 4.69) is 11.1 Å². The molecule has 0 N–H and O–H groups in total. The Hall–Kier alpha value is -2.25. The lowest BCUT2D eigenvalue weighted by Gasteiger charge is -2.04. The number of pyridine rings is 1. The first-order valence-corrected chi connectivity index (χ1v) is 6.64. The van der Waals surface area contributed by atoms with E-state index in [0.29, 0.717) is 22.5 Å². The van der Waals surface area contributed by atoms with Crippen LogP contribution >= 0.6 is 11.3 Å². The highest BCUT2D eigenvalue weighted by atomic mass is 32.1. The van der Waals surface area contributed by atoms with E-state index in [9.17, 15) is 4.79 Å². The molecule has 0 aliphatic carbocycles. The summed E-state index contributed by atoms with van der Waals surface area (Å²) in [5.41, 5.74) is 2.23. The Morgan fingerprint density at radius 3 is 2.84 bits per heavy atom. The van der Waals surface area contributed by atoms with Gasteiger partial charge in [-0.3, -0.25) is 9.78 Å². The van der Waals surface area contributed by atoms with E-state index in [1.165, 1.54) is 6.08 Å². The zero-order valence-corrected chi connectivity index (χ0v) is 11.5. The maximum atomic E-state index is 12.1. The van der Waals surface area contributed by atoms with Crippen LogP contribution < -0.4 is 0 Å². The van der Waals surface area contributed by atoms with E-state index in [4.69, 9.17) is 5.26 Å². The summed E-state index contributed by atoms with van der Waals surface area (Å²) in [7, 11) is 0. The van der Waals surface area contributed by atoms with Crippen LogP contribution in [0.1, 0.15) is 32.2 Å². The first kappa shape index (κ1) is 13.2. The highest BCUT2D eigenvalue weighted by Gasteiger charge is 2.10. The molecule has 19 heavy (non-hydrogen) atoms. The lowest BCUT2D eigenvalue weighted by Crippen LogP contribution is -2.03. The highest BCUT2D eigenvalue weighted by Crippen LogP contribution is 2.15. The van der Waals surface area contributed by atoms with Crippen molar-refractivity contribution in [1.82, 2.24) is 4.98 Å². The maximum absolute atomic E-state index is 12.1. The van der Waals surface area contributed by atoms with Crippen LogP contribution in [-0.2, 0) is 0 Å². The van der Waals surface area contributed by atoms with Gasteiger partial charge in [-0.15, -0.1) is 11.3 Å². The number of allylic oxidation sites excluding steroid dienone is 1. The van der Waals surface area contributed by atoms with Crippen molar-refractivity contribution < 1.29 is 4.79 Å². The van der Waals surface area contributed by atoms with Crippen LogP contribution in [0, 0.1) is 25.2 Å². The molecule has 0 amide bonds. The van der Waals surface area contributed by atoms with Gasteiger partial charge in [0.25, 0.3) is 0 Å². The molecule has 0 bridgehead atoms. The molecule has 0 radical (unpaired) electrons. The van der Waals surface area contributed by atoms with Crippen molar-refractivity contribution in [1.29, 1.82) is 5.26 Å². The Balaban J connectivity index is 2.32. The number of carbonyl (C=O) groups excluding carboxylic acids is 1. The zero-order valence-electron chi connectivity index (χ0n) is 10.7. The Kier molecular flexibility index (Phi) is 3.88. The molecule has 0 fully saturated rings. The number of aryl methyl sites for hydroxylation is 2. The molecule has 0 unspecified atom stereocenters. The number of ketones is 1. The standard InChI is InChI=1S/C15H12N2OS/c1-10-12(9-16)8-14(11(2)17-10)15(18)6-5-13-4-3-7-19-13/h3-8H,1-2H3/b6-5+. The number of aromatic nitrogens is 1. The van der Waals surface area contributed by atoms with Gasteiger partial charge in [0.2, 0.25) is 0 Å². The number of rotatable bonds is 3. The fourth-order valence-corrected chi connectivity index (χ4v) is 2.34. The van der Waals surface area contributed by atoms with Gasteiger partial charge in [-0.05, 0) is 43.5 Å². The van der Waals surface area contributed by atoms with E-state index >= 15 is 0 Å². The molecule has 0 aliphatic heterocycles. The van der Waals surface area contributed by atoms with Crippen LogP contribution in [0.5, 0.6) is 0 Å². The molecule has 2 rings (SSSR count). The molecule has 0 spiro atoms. The number of hydrogen-bond donors (Lipinski definition) is 0. The summed E-state index contributed by atoms with van der Waals surface area (Å²) in [5.74, 6) is -0.130. The summed E-state index contributed by atoms with van der Waals surface area (Å²) in [6.07, 6.45) is 3.30. The van der Waals surface area contributed by atoms with Gasteiger partial charge in [0.1, 0.15) is 6.07 Å². The Bertz CT molecular complexity index is 679. The van der Waals surface area contributed by atoms with Gasteiger partial charge in [0.05, 0.1) is 11.3 Å². The molecule has 0 saturated carbocycles. The van der Waals surface area contributed by atoms with Gasteiger partial charge in [0.15, 0.2) is 5.78 Å². The molecule has 2 aromatic rings. The summed E-state index contributed by atoms with van der Waals surface area (Å²) < 4.78 is 0. The largest absolute Gasteiger partial charge is 0.289 e. The van der Waals surface area contributed by atoms with Crippen molar-refractivity contribution in [2.24, 2.45) is 0 Å². The summed E-state index contributed by atoms with van der Waals surface area (Å²) in [6, 6.07) is 7.53. The Morgan fingerprint density at radius 2 is 2.21 bits per heavy atom. The van der Waals surface area contributed by atoms with Gasteiger partial charge in [0, 0.05) is 16.1 Å². The van der Waals surface area contributed by atoms with Crippen molar-refractivity contribution in [3.8, 4) is 6.07 Å². The van der Waals surface area contributed by atoms with E-state index in [-0.39, 0.29) is 5.78 Å². The lowest BCUT2D eigenvalue weighted by atomic mass is 10.0. The highest BCUT2D eigenvalue weighted by molar-refractivity contribution is 7.10. The fraction of sp³-hybridized carbons (Fsp3) is 0.133. The quantitative estimate of drug-likeness (QED) is 0.632. The van der Waals surface area contributed by atoms with Gasteiger partial charge in [-0.2, -0.15) is 5.26 Å². The first-order valence-electron chi connectivity index (χ1n) is 5.76. The van der Waals surface area contributed by atoms with Gasteiger partial charge < -0.3 is 0 Å². The number of carbonyl (C=O) groups is 1. The Morgan fingerprint density at radius 1 is 1.42 bits per heavy atom. The minimum atomic E-state index is -0.130. The molecule has 0 aliphatic rings. The van der Waals surface area contributed by atoms with Crippen molar-refractivity contribution in [2.45, 2.75) is 13.8 Å². The lowest BCUT2D eigenvalue weighted by molar-refractivity contribution is 0.104. The average molecular weight is 268 g/mol. The molecule has 3 nitrogen and oxygen atoms in total. The molecule has 2 aromatic heterocycles. The number of nitrogens with zero attached hydrogens (tertiary/aromatic N) is 2. The van der Waals surface area contributed by atoms with Crippen LogP contribution in [0.25, 0.3) is 6.08 Å². The molecule has 2 heterocycles. The summed E-state index contributed by atoms with van der Waals surface area (Å²) in [6.45, 7) is 3.54. The maximum Gasteiger partial charge on any atom is 0.187 e. The number of hydrogen-bond acceptors (Lipinski definition) is 4. The van der Waals surface area contributed by atoms with Crippen LogP contribution in [0.15, 0.2) is 29.7 Å². The van der Waals surface area contributed by atoms with Crippen molar-refractivity contribution in [3.05, 3.63) is 57.0 Å². The zero-order chi connectivity index (χ0) is 13.8. The molecule has 0 atom stereocenters. The van der Waals surface area contributed by atoms with Crippen molar-refractivity contribution in [2.75, 3.05) is 0 Å². The van der Waals surface area contributed by atoms with Gasteiger partial charge >= 0.3 is 0 Å².